The molecule has 0 saturated carbocycles. The summed E-state index contributed by atoms with van der Waals surface area (Å²) < 4.78 is 16.1. The largest absolute Gasteiger partial charge is 0.293 e. The maximum absolute atomic E-state index is 11.4. The summed E-state index contributed by atoms with van der Waals surface area (Å²) in [5.74, 6) is -0.208. The summed E-state index contributed by atoms with van der Waals surface area (Å²) in [6, 6.07) is 8.63. The van der Waals surface area contributed by atoms with Crippen molar-refractivity contribution >= 4 is 22.6 Å². The van der Waals surface area contributed by atoms with E-state index in [0.29, 0.717) is 4.90 Å². The smallest absolute Gasteiger partial charge is 0.265 e. The lowest BCUT2D eigenvalue weighted by Gasteiger charge is -1.98. The molecule has 4 nitrogen and oxygen atoms in total. The Labute approximate surface area is 90.6 Å². The molecule has 0 fully saturated rings. The van der Waals surface area contributed by atoms with Crippen LogP contribution in [-0.2, 0) is 20.2 Å². The molecule has 1 aromatic rings. The zero-order valence-corrected chi connectivity index (χ0v) is 9.28. The number of benzene rings is 1. The van der Waals surface area contributed by atoms with Gasteiger partial charge in [-0.1, -0.05) is 23.4 Å². The number of ketones is 1. The Hall–Kier alpha value is -1.49. The van der Waals surface area contributed by atoms with Gasteiger partial charge in [0.1, 0.15) is 5.71 Å². The molecule has 1 rings (SSSR count). The van der Waals surface area contributed by atoms with Crippen LogP contribution in [0, 0.1) is 0 Å². The SMILES string of the molecule is CC(=O)/C(C)=N\OS(=O)c1ccccc1. The topological polar surface area (TPSA) is 55.7 Å². The second kappa shape index (κ2) is 5.41. The Kier molecular flexibility index (Phi) is 4.17. The summed E-state index contributed by atoms with van der Waals surface area (Å²) in [6.07, 6.45) is 0. The van der Waals surface area contributed by atoms with Crippen LogP contribution in [0.15, 0.2) is 40.4 Å². The first kappa shape index (κ1) is 11.6. The molecular formula is C10H11NO3S. The third kappa shape index (κ3) is 3.63. The minimum atomic E-state index is -1.66. The second-order valence-electron chi connectivity index (χ2n) is 2.86. The monoisotopic (exact) mass is 225 g/mol. The van der Waals surface area contributed by atoms with Crippen LogP contribution in [0.2, 0.25) is 0 Å². The molecule has 80 valence electrons. The van der Waals surface area contributed by atoms with Crippen LogP contribution in [0.4, 0.5) is 0 Å². The summed E-state index contributed by atoms with van der Waals surface area (Å²) in [4.78, 5) is 11.3. The Bertz CT molecular complexity index is 400. The first-order valence-corrected chi connectivity index (χ1v) is 5.38. The zero-order chi connectivity index (χ0) is 11.3. The van der Waals surface area contributed by atoms with Crippen molar-refractivity contribution in [2.75, 3.05) is 0 Å². The molecule has 0 spiro atoms. The molecule has 1 unspecified atom stereocenters. The molecule has 0 bridgehead atoms. The van der Waals surface area contributed by atoms with Crippen molar-refractivity contribution in [3.8, 4) is 0 Å². The lowest BCUT2D eigenvalue weighted by Crippen LogP contribution is -2.06. The summed E-state index contributed by atoms with van der Waals surface area (Å²) >= 11 is -1.66. The second-order valence-corrected chi connectivity index (χ2v) is 3.95. The predicted octanol–water partition coefficient (Wildman–Crippen LogP) is 1.69. The van der Waals surface area contributed by atoms with Crippen LogP contribution in [0.1, 0.15) is 13.8 Å². The summed E-state index contributed by atoms with van der Waals surface area (Å²) in [7, 11) is 0. The van der Waals surface area contributed by atoms with E-state index in [-0.39, 0.29) is 11.5 Å². The van der Waals surface area contributed by atoms with Crippen molar-refractivity contribution in [2.24, 2.45) is 5.16 Å². The molecule has 0 amide bonds. The van der Waals surface area contributed by atoms with Crippen LogP contribution in [0.25, 0.3) is 0 Å². The van der Waals surface area contributed by atoms with E-state index in [2.05, 4.69) is 5.16 Å². The van der Waals surface area contributed by atoms with Gasteiger partial charge in [-0.05, 0) is 19.1 Å². The Morgan fingerprint density at radius 1 is 1.27 bits per heavy atom. The van der Waals surface area contributed by atoms with E-state index >= 15 is 0 Å². The van der Waals surface area contributed by atoms with Crippen molar-refractivity contribution < 1.29 is 13.3 Å². The quantitative estimate of drug-likeness (QED) is 0.578. The molecule has 5 heteroatoms. The van der Waals surface area contributed by atoms with E-state index in [1.807, 2.05) is 6.07 Å². The number of Topliss-reactive ketones (excluding diaryl/α,β-unsaturated/α-hetero) is 1. The number of nitrogens with zero attached hydrogens (tertiary/aromatic N) is 1. The molecular weight excluding hydrogens is 214 g/mol. The van der Waals surface area contributed by atoms with Crippen molar-refractivity contribution in [2.45, 2.75) is 18.7 Å². The number of hydrogen-bond acceptors (Lipinski definition) is 4. The Morgan fingerprint density at radius 3 is 2.40 bits per heavy atom. The van der Waals surface area contributed by atoms with Crippen LogP contribution in [0.5, 0.6) is 0 Å². The summed E-state index contributed by atoms with van der Waals surface area (Å²) in [6.45, 7) is 2.87. The van der Waals surface area contributed by atoms with Gasteiger partial charge < -0.3 is 0 Å². The maximum atomic E-state index is 11.4. The van der Waals surface area contributed by atoms with Crippen LogP contribution in [0.3, 0.4) is 0 Å². The zero-order valence-electron chi connectivity index (χ0n) is 8.47. The lowest BCUT2D eigenvalue weighted by atomic mass is 10.3. The molecule has 0 saturated heterocycles. The fourth-order valence-electron chi connectivity index (χ4n) is 0.729. The minimum absolute atomic E-state index is 0.194. The van der Waals surface area contributed by atoms with E-state index in [4.69, 9.17) is 4.28 Å². The van der Waals surface area contributed by atoms with Crippen molar-refractivity contribution in [3.63, 3.8) is 0 Å². The summed E-state index contributed by atoms with van der Waals surface area (Å²) in [5.41, 5.74) is 0.194. The molecule has 0 aliphatic carbocycles. The van der Waals surface area contributed by atoms with Gasteiger partial charge in [0.05, 0.1) is 4.90 Å². The van der Waals surface area contributed by atoms with E-state index in [1.165, 1.54) is 13.8 Å². The highest BCUT2D eigenvalue weighted by Gasteiger charge is 2.04. The van der Waals surface area contributed by atoms with Crippen molar-refractivity contribution in [3.05, 3.63) is 30.3 Å². The van der Waals surface area contributed by atoms with Gasteiger partial charge in [-0.3, -0.25) is 9.08 Å². The average Bonchev–Trinajstić information content (AvgIpc) is 2.26. The molecule has 15 heavy (non-hydrogen) atoms. The van der Waals surface area contributed by atoms with Crippen LogP contribution >= 0.6 is 0 Å². The Morgan fingerprint density at radius 2 is 1.87 bits per heavy atom. The average molecular weight is 225 g/mol. The standard InChI is InChI=1S/C10H11NO3S/c1-8(9(2)12)11-14-15(13)10-6-4-3-5-7-10/h3-7H,1-2H3/b11-8-. The first-order valence-electron chi connectivity index (χ1n) is 4.31. The van der Waals surface area contributed by atoms with E-state index in [1.54, 1.807) is 24.3 Å². The molecule has 0 aliphatic rings. The van der Waals surface area contributed by atoms with Gasteiger partial charge in [0.2, 0.25) is 0 Å². The van der Waals surface area contributed by atoms with Gasteiger partial charge >= 0.3 is 0 Å². The highest BCUT2D eigenvalue weighted by Crippen LogP contribution is 2.06. The van der Waals surface area contributed by atoms with E-state index < -0.39 is 11.1 Å². The predicted molar refractivity (Wildman–Crippen MR) is 57.7 cm³/mol. The van der Waals surface area contributed by atoms with Crippen molar-refractivity contribution in [1.29, 1.82) is 0 Å². The fraction of sp³-hybridized carbons (Fsp3) is 0.200. The lowest BCUT2D eigenvalue weighted by molar-refractivity contribution is -0.111. The third-order valence-electron chi connectivity index (χ3n) is 1.69. The molecule has 0 radical (unpaired) electrons. The van der Waals surface area contributed by atoms with E-state index in [0.717, 1.165) is 0 Å². The minimum Gasteiger partial charge on any atom is -0.293 e. The van der Waals surface area contributed by atoms with Crippen LogP contribution < -0.4 is 0 Å². The number of carbonyl (C=O) groups excluding carboxylic acids is 1. The molecule has 0 aromatic heterocycles. The third-order valence-corrected chi connectivity index (χ3v) is 2.55. The number of carbonyl (C=O) groups is 1. The van der Waals surface area contributed by atoms with Crippen molar-refractivity contribution in [1.82, 2.24) is 0 Å². The Balaban J connectivity index is 2.66. The number of rotatable bonds is 4. The number of hydrogen-bond donors (Lipinski definition) is 0. The van der Waals surface area contributed by atoms with Gasteiger partial charge in [-0.2, -0.15) is 0 Å². The van der Waals surface area contributed by atoms with E-state index in [9.17, 15) is 9.00 Å². The molecule has 0 heterocycles. The van der Waals surface area contributed by atoms with Gasteiger partial charge in [0.15, 0.2) is 5.78 Å². The highest BCUT2D eigenvalue weighted by molar-refractivity contribution is 7.80. The molecule has 0 aliphatic heterocycles. The normalized spacial score (nSPS) is 13.3. The molecule has 0 N–H and O–H groups in total. The molecule has 1 atom stereocenters. The fourth-order valence-corrected chi connectivity index (χ4v) is 1.37. The van der Waals surface area contributed by atoms with Gasteiger partial charge in [0, 0.05) is 6.92 Å². The number of oxime groups is 1. The first-order chi connectivity index (χ1) is 7.11. The molecule has 1 aromatic carbocycles. The highest BCUT2D eigenvalue weighted by atomic mass is 32.2. The van der Waals surface area contributed by atoms with Gasteiger partial charge in [-0.25, -0.2) is 4.21 Å². The van der Waals surface area contributed by atoms with Gasteiger partial charge in [-0.15, -0.1) is 0 Å². The van der Waals surface area contributed by atoms with Gasteiger partial charge in [0.25, 0.3) is 11.1 Å². The summed E-state index contributed by atoms with van der Waals surface area (Å²) in [5, 5.41) is 3.47. The maximum Gasteiger partial charge on any atom is 0.265 e. The van der Waals surface area contributed by atoms with Crippen LogP contribution in [-0.4, -0.2) is 15.7 Å².